The molecule has 0 aromatic heterocycles. The Labute approximate surface area is 115 Å². The molecule has 2 heteroatoms. The van der Waals surface area contributed by atoms with E-state index < -0.39 is 0 Å². The molecule has 0 rings (SSSR count). The van der Waals surface area contributed by atoms with E-state index in [1.165, 1.54) is 32.1 Å². The summed E-state index contributed by atoms with van der Waals surface area (Å²) in [5.41, 5.74) is 6.34. The van der Waals surface area contributed by atoms with Gasteiger partial charge in [0, 0.05) is 6.54 Å². The quantitative estimate of drug-likeness (QED) is 0.592. The van der Waals surface area contributed by atoms with Crippen LogP contribution in [0, 0.1) is 11.8 Å². The van der Waals surface area contributed by atoms with Crippen molar-refractivity contribution in [3.63, 3.8) is 0 Å². The Kier molecular flexibility index (Phi) is 8.89. The van der Waals surface area contributed by atoms with E-state index in [-0.39, 0.29) is 5.66 Å². The van der Waals surface area contributed by atoms with Crippen molar-refractivity contribution in [2.45, 2.75) is 78.8 Å². The Bertz CT molecular complexity index is 201. The third kappa shape index (κ3) is 6.75. The smallest absolute Gasteiger partial charge is 0.0655 e. The van der Waals surface area contributed by atoms with Crippen LogP contribution in [-0.4, -0.2) is 24.2 Å². The summed E-state index contributed by atoms with van der Waals surface area (Å²) in [4.78, 5) is 2.35. The van der Waals surface area contributed by atoms with Gasteiger partial charge in [0.05, 0.1) is 5.66 Å². The SMILES string of the molecule is CCC[C@H](CC)CCC(C)(N)N(C)CC(C)CC. The molecule has 0 fully saturated rings. The molecule has 0 bridgehead atoms. The number of nitrogens with two attached hydrogens (primary N) is 1. The number of rotatable bonds is 10. The van der Waals surface area contributed by atoms with Crippen LogP contribution in [0.5, 0.6) is 0 Å². The highest BCUT2D eigenvalue weighted by molar-refractivity contribution is 4.79. The topological polar surface area (TPSA) is 29.3 Å². The summed E-state index contributed by atoms with van der Waals surface area (Å²) in [7, 11) is 2.17. The summed E-state index contributed by atoms with van der Waals surface area (Å²) in [6.45, 7) is 12.4. The Morgan fingerprint density at radius 2 is 1.72 bits per heavy atom. The van der Waals surface area contributed by atoms with E-state index >= 15 is 0 Å². The molecule has 0 amide bonds. The van der Waals surface area contributed by atoms with Crippen molar-refractivity contribution in [1.82, 2.24) is 4.90 Å². The van der Waals surface area contributed by atoms with Crippen LogP contribution in [0.2, 0.25) is 0 Å². The molecule has 0 radical (unpaired) electrons. The van der Waals surface area contributed by atoms with E-state index in [1.807, 2.05) is 0 Å². The van der Waals surface area contributed by atoms with Gasteiger partial charge in [0.25, 0.3) is 0 Å². The number of hydrogen-bond donors (Lipinski definition) is 1. The molecule has 2 unspecified atom stereocenters. The minimum Gasteiger partial charge on any atom is -0.313 e. The predicted octanol–water partition coefficient (Wildman–Crippen LogP) is 4.25. The van der Waals surface area contributed by atoms with Gasteiger partial charge in [-0.05, 0) is 38.6 Å². The van der Waals surface area contributed by atoms with Crippen LogP contribution in [-0.2, 0) is 0 Å². The fourth-order valence-corrected chi connectivity index (χ4v) is 2.45. The molecule has 0 aromatic rings. The Morgan fingerprint density at radius 1 is 1.11 bits per heavy atom. The number of hydrogen-bond acceptors (Lipinski definition) is 2. The van der Waals surface area contributed by atoms with Crippen LogP contribution >= 0.6 is 0 Å². The van der Waals surface area contributed by atoms with Crippen molar-refractivity contribution in [3.8, 4) is 0 Å². The van der Waals surface area contributed by atoms with Crippen molar-refractivity contribution in [2.24, 2.45) is 17.6 Å². The summed E-state index contributed by atoms with van der Waals surface area (Å²) < 4.78 is 0. The molecule has 0 aliphatic rings. The maximum Gasteiger partial charge on any atom is 0.0655 e. The average molecular weight is 256 g/mol. The van der Waals surface area contributed by atoms with Gasteiger partial charge in [0.1, 0.15) is 0 Å². The Morgan fingerprint density at radius 3 is 2.17 bits per heavy atom. The molecule has 2 N–H and O–H groups in total. The second kappa shape index (κ2) is 8.92. The highest BCUT2D eigenvalue weighted by atomic mass is 15.2. The van der Waals surface area contributed by atoms with Gasteiger partial charge in [-0.2, -0.15) is 0 Å². The highest BCUT2D eigenvalue weighted by Crippen LogP contribution is 2.23. The van der Waals surface area contributed by atoms with Gasteiger partial charge >= 0.3 is 0 Å². The van der Waals surface area contributed by atoms with Crippen LogP contribution < -0.4 is 5.73 Å². The summed E-state index contributed by atoms with van der Waals surface area (Å²) in [6, 6.07) is 0. The molecule has 0 spiro atoms. The van der Waals surface area contributed by atoms with E-state index in [1.54, 1.807) is 0 Å². The van der Waals surface area contributed by atoms with Crippen LogP contribution in [0.1, 0.15) is 73.1 Å². The zero-order valence-electron chi connectivity index (χ0n) is 13.6. The van der Waals surface area contributed by atoms with Crippen LogP contribution in [0.15, 0.2) is 0 Å². The third-order valence-electron chi connectivity index (χ3n) is 4.49. The first kappa shape index (κ1) is 17.9. The van der Waals surface area contributed by atoms with Crippen molar-refractivity contribution < 1.29 is 0 Å². The maximum atomic E-state index is 6.49. The second-order valence-corrected chi connectivity index (χ2v) is 6.35. The standard InChI is InChI=1S/C16H36N2/c1-7-10-15(9-3)11-12-16(5,17)18(6)13-14(4)8-2/h14-15H,7-13,17H2,1-6H3/t14?,15-,16?/m0/s1. The summed E-state index contributed by atoms with van der Waals surface area (Å²) in [5, 5.41) is 0. The molecular formula is C16H36N2. The molecule has 0 aromatic carbocycles. The monoisotopic (exact) mass is 256 g/mol. The zero-order chi connectivity index (χ0) is 14.2. The molecule has 2 nitrogen and oxygen atoms in total. The lowest BCUT2D eigenvalue weighted by molar-refractivity contribution is 0.105. The summed E-state index contributed by atoms with van der Waals surface area (Å²) in [5.74, 6) is 1.59. The predicted molar refractivity (Wildman–Crippen MR) is 82.6 cm³/mol. The van der Waals surface area contributed by atoms with E-state index in [4.69, 9.17) is 5.73 Å². The normalized spacial score (nSPS) is 18.7. The van der Waals surface area contributed by atoms with E-state index in [9.17, 15) is 0 Å². The Balaban J connectivity index is 4.18. The molecule has 3 atom stereocenters. The minimum atomic E-state index is -0.148. The maximum absolute atomic E-state index is 6.49. The fraction of sp³-hybridized carbons (Fsp3) is 1.00. The lowest BCUT2D eigenvalue weighted by atomic mass is 9.91. The lowest BCUT2D eigenvalue weighted by Gasteiger charge is -2.38. The van der Waals surface area contributed by atoms with Crippen molar-refractivity contribution in [3.05, 3.63) is 0 Å². The average Bonchev–Trinajstić information content (AvgIpc) is 2.34. The molecule has 0 aliphatic carbocycles. The van der Waals surface area contributed by atoms with Gasteiger partial charge in [-0.1, -0.05) is 53.4 Å². The van der Waals surface area contributed by atoms with Gasteiger partial charge in [-0.3, -0.25) is 4.90 Å². The Hall–Kier alpha value is -0.0800. The van der Waals surface area contributed by atoms with Gasteiger partial charge in [0.2, 0.25) is 0 Å². The molecule has 18 heavy (non-hydrogen) atoms. The first-order valence-electron chi connectivity index (χ1n) is 7.87. The molecule has 110 valence electrons. The first-order chi connectivity index (χ1) is 8.37. The van der Waals surface area contributed by atoms with Crippen LogP contribution in [0.4, 0.5) is 0 Å². The van der Waals surface area contributed by atoms with Gasteiger partial charge in [-0.25, -0.2) is 0 Å². The summed E-state index contributed by atoms with van der Waals surface area (Å²) in [6.07, 6.45) is 7.54. The van der Waals surface area contributed by atoms with Gasteiger partial charge < -0.3 is 5.73 Å². The molecular weight excluding hydrogens is 220 g/mol. The minimum absolute atomic E-state index is 0.148. The first-order valence-corrected chi connectivity index (χ1v) is 7.87. The molecule has 0 heterocycles. The van der Waals surface area contributed by atoms with Crippen LogP contribution in [0.25, 0.3) is 0 Å². The fourth-order valence-electron chi connectivity index (χ4n) is 2.45. The van der Waals surface area contributed by atoms with Gasteiger partial charge in [0.15, 0.2) is 0 Å². The zero-order valence-corrected chi connectivity index (χ0v) is 13.6. The molecule has 0 aliphatic heterocycles. The van der Waals surface area contributed by atoms with Crippen LogP contribution in [0.3, 0.4) is 0 Å². The molecule has 0 saturated carbocycles. The van der Waals surface area contributed by atoms with E-state index in [2.05, 4.69) is 46.6 Å². The van der Waals surface area contributed by atoms with Crippen molar-refractivity contribution in [2.75, 3.05) is 13.6 Å². The van der Waals surface area contributed by atoms with Crippen molar-refractivity contribution >= 4 is 0 Å². The largest absolute Gasteiger partial charge is 0.313 e. The summed E-state index contributed by atoms with van der Waals surface area (Å²) >= 11 is 0. The van der Waals surface area contributed by atoms with E-state index in [0.717, 1.165) is 24.8 Å². The number of nitrogens with zero attached hydrogens (tertiary/aromatic N) is 1. The van der Waals surface area contributed by atoms with Gasteiger partial charge in [-0.15, -0.1) is 0 Å². The second-order valence-electron chi connectivity index (χ2n) is 6.35. The van der Waals surface area contributed by atoms with Crippen molar-refractivity contribution in [1.29, 1.82) is 0 Å². The highest BCUT2D eigenvalue weighted by Gasteiger charge is 2.25. The van der Waals surface area contributed by atoms with E-state index in [0.29, 0.717) is 0 Å². The molecule has 0 saturated heterocycles. The third-order valence-corrected chi connectivity index (χ3v) is 4.49. The lowest BCUT2D eigenvalue weighted by Crippen LogP contribution is -2.53.